The van der Waals surface area contributed by atoms with Crippen LogP contribution in [-0.2, 0) is 9.59 Å². The first-order chi connectivity index (χ1) is 11.4. The van der Waals surface area contributed by atoms with Crippen LogP contribution >= 0.6 is 0 Å². The van der Waals surface area contributed by atoms with Crippen molar-refractivity contribution in [2.45, 2.75) is 51.5 Å². The molecule has 1 saturated carbocycles. The fourth-order valence-corrected chi connectivity index (χ4v) is 4.50. The van der Waals surface area contributed by atoms with Crippen molar-refractivity contribution in [3.8, 4) is 0 Å². The smallest absolute Gasteiger partial charge is 0.407 e. The Morgan fingerprint density at radius 3 is 2.50 bits per heavy atom. The van der Waals surface area contributed by atoms with Gasteiger partial charge in [0.15, 0.2) is 0 Å². The van der Waals surface area contributed by atoms with E-state index in [2.05, 4.69) is 0 Å². The summed E-state index contributed by atoms with van der Waals surface area (Å²) in [4.78, 5) is 39.5. The third kappa shape index (κ3) is 3.65. The Bertz CT molecular complexity index is 496. The average Bonchev–Trinajstić information content (AvgIpc) is 2.54. The number of primary amides is 1. The minimum atomic E-state index is -1.09. The Kier molecular flexibility index (Phi) is 6.07. The molecule has 3 N–H and O–H groups in total. The van der Waals surface area contributed by atoms with Gasteiger partial charge in [-0.3, -0.25) is 9.59 Å². The first-order valence-electron chi connectivity index (χ1n) is 8.92. The molecule has 7 heteroatoms. The molecule has 2 fully saturated rings. The highest BCUT2D eigenvalue weighted by atomic mass is 16.4. The van der Waals surface area contributed by atoms with E-state index in [4.69, 9.17) is 5.73 Å². The van der Waals surface area contributed by atoms with E-state index in [9.17, 15) is 19.5 Å². The summed E-state index contributed by atoms with van der Waals surface area (Å²) in [5.74, 6) is -1.74. The van der Waals surface area contributed by atoms with E-state index in [1.54, 1.807) is 7.05 Å². The van der Waals surface area contributed by atoms with E-state index in [0.29, 0.717) is 19.0 Å². The Labute approximate surface area is 143 Å². The number of fused-ring (bicyclic) bond motifs is 1. The zero-order valence-electron chi connectivity index (χ0n) is 14.6. The maximum atomic E-state index is 12.8. The first kappa shape index (κ1) is 18.5. The van der Waals surface area contributed by atoms with Crippen LogP contribution in [0.4, 0.5) is 4.79 Å². The second kappa shape index (κ2) is 7.85. The molecule has 4 atom stereocenters. The molecule has 2 aliphatic rings. The van der Waals surface area contributed by atoms with Gasteiger partial charge in [0.2, 0.25) is 11.8 Å². The summed E-state index contributed by atoms with van der Waals surface area (Å²) in [7, 11) is 1.65. The molecule has 136 valence electrons. The van der Waals surface area contributed by atoms with Gasteiger partial charge in [0.1, 0.15) is 5.92 Å². The zero-order valence-corrected chi connectivity index (χ0v) is 14.6. The van der Waals surface area contributed by atoms with Crippen molar-refractivity contribution in [1.29, 1.82) is 0 Å². The van der Waals surface area contributed by atoms with Crippen molar-refractivity contribution in [2.75, 3.05) is 20.1 Å². The summed E-state index contributed by atoms with van der Waals surface area (Å²) in [5.41, 5.74) is 5.58. The molecule has 3 amide bonds. The highest BCUT2D eigenvalue weighted by Crippen LogP contribution is 2.42. The number of hydrogen-bond donors (Lipinski definition) is 2. The van der Waals surface area contributed by atoms with Crippen LogP contribution in [-0.4, -0.2) is 59.0 Å². The van der Waals surface area contributed by atoms with E-state index in [0.717, 1.165) is 38.5 Å². The van der Waals surface area contributed by atoms with E-state index < -0.39 is 24.0 Å². The van der Waals surface area contributed by atoms with Crippen molar-refractivity contribution < 1.29 is 19.5 Å². The average molecular weight is 339 g/mol. The number of carbonyl (C=O) groups excluding carboxylic acids is 2. The molecule has 0 radical (unpaired) electrons. The van der Waals surface area contributed by atoms with Crippen LogP contribution in [0.25, 0.3) is 0 Å². The number of hydrogen-bond acceptors (Lipinski definition) is 3. The van der Waals surface area contributed by atoms with Gasteiger partial charge in [0.05, 0.1) is 6.04 Å². The normalized spacial score (nSPS) is 27.9. The number of rotatable bonds is 5. The van der Waals surface area contributed by atoms with Crippen molar-refractivity contribution >= 4 is 17.9 Å². The highest BCUT2D eigenvalue weighted by molar-refractivity contribution is 6.00. The van der Waals surface area contributed by atoms with Crippen molar-refractivity contribution in [3.63, 3.8) is 0 Å². The van der Waals surface area contributed by atoms with Crippen LogP contribution in [0.3, 0.4) is 0 Å². The standard InChI is InChI=1S/C17H29N3O4/c1-3-9-19(2)16(22)13(15(18)21)14-12-7-5-4-6-11(12)8-10-20(14)17(23)24/h11-14H,3-10H2,1-2H3,(H2,18,21)(H,23,24). The second-order valence-corrected chi connectivity index (χ2v) is 7.10. The number of carbonyl (C=O) groups is 3. The fraction of sp³-hybridized carbons (Fsp3) is 0.824. The number of carboxylic acid groups (broad SMARTS) is 1. The Morgan fingerprint density at radius 2 is 1.92 bits per heavy atom. The van der Waals surface area contributed by atoms with Crippen LogP contribution < -0.4 is 5.73 Å². The molecule has 2 rings (SSSR count). The van der Waals surface area contributed by atoms with Crippen LogP contribution in [0.2, 0.25) is 0 Å². The fourth-order valence-electron chi connectivity index (χ4n) is 4.50. The molecule has 0 bridgehead atoms. The lowest BCUT2D eigenvalue weighted by Gasteiger charge is -2.48. The van der Waals surface area contributed by atoms with Gasteiger partial charge >= 0.3 is 6.09 Å². The van der Waals surface area contributed by atoms with Crippen molar-refractivity contribution in [2.24, 2.45) is 23.5 Å². The van der Waals surface area contributed by atoms with E-state index in [-0.39, 0.29) is 11.8 Å². The summed E-state index contributed by atoms with van der Waals surface area (Å²) in [6.07, 6.45) is 4.54. The molecular formula is C17H29N3O4. The molecule has 1 aliphatic heterocycles. The molecule has 24 heavy (non-hydrogen) atoms. The molecule has 0 spiro atoms. The number of nitrogens with two attached hydrogens (primary N) is 1. The molecule has 0 aromatic heterocycles. The number of amides is 3. The Morgan fingerprint density at radius 1 is 1.25 bits per heavy atom. The summed E-state index contributed by atoms with van der Waals surface area (Å²) >= 11 is 0. The molecular weight excluding hydrogens is 310 g/mol. The second-order valence-electron chi connectivity index (χ2n) is 7.10. The van der Waals surface area contributed by atoms with Crippen LogP contribution in [0.5, 0.6) is 0 Å². The summed E-state index contributed by atoms with van der Waals surface area (Å²) in [6.45, 7) is 2.84. The van der Waals surface area contributed by atoms with Gasteiger partial charge in [0.25, 0.3) is 0 Å². The predicted octanol–water partition coefficient (Wildman–Crippen LogP) is 1.51. The molecule has 1 heterocycles. The quantitative estimate of drug-likeness (QED) is 0.741. The van der Waals surface area contributed by atoms with Crippen LogP contribution in [0.1, 0.15) is 45.4 Å². The predicted molar refractivity (Wildman–Crippen MR) is 89.2 cm³/mol. The lowest BCUT2D eigenvalue weighted by atomic mass is 9.67. The monoisotopic (exact) mass is 339 g/mol. The summed E-state index contributed by atoms with van der Waals surface area (Å²) in [5, 5.41) is 9.60. The first-order valence-corrected chi connectivity index (χ1v) is 8.92. The number of nitrogens with zero attached hydrogens (tertiary/aromatic N) is 2. The number of piperidine rings is 1. The van der Waals surface area contributed by atoms with Crippen LogP contribution in [0.15, 0.2) is 0 Å². The molecule has 7 nitrogen and oxygen atoms in total. The lowest BCUT2D eigenvalue weighted by Crippen LogP contribution is -2.61. The van der Waals surface area contributed by atoms with Crippen molar-refractivity contribution in [3.05, 3.63) is 0 Å². The van der Waals surface area contributed by atoms with Gasteiger partial charge in [-0.05, 0) is 31.1 Å². The molecule has 0 aromatic carbocycles. The maximum absolute atomic E-state index is 12.8. The lowest BCUT2D eigenvalue weighted by molar-refractivity contribution is -0.145. The minimum absolute atomic E-state index is 0.0417. The van der Waals surface area contributed by atoms with E-state index in [1.807, 2.05) is 6.92 Å². The SMILES string of the molecule is CCCN(C)C(=O)C(C(N)=O)C1C2CCCCC2CCN1C(=O)O. The molecule has 0 aromatic rings. The largest absolute Gasteiger partial charge is 0.465 e. The maximum Gasteiger partial charge on any atom is 0.407 e. The number of likely N-dealkylation sites (tertiary alicyclic amines) is 1. The van der Waals surface area contributed by atoms with Gasteiger partial charge in [-0.2, -0.15) is 0 Å². The summed E-state index contributed by atoms with van der Waals surface area (Å²) < 4.78 is 0. The zero-order chi connectivity index (χ0) is 17.9. The van der Waals surface area contributed by atoms with E-state index in [1.165, 1.54) is 9.80 Å². The molecule has 1 saturated heterocycles. The highest BCUT2D eigenvalue weighted by Gasteiger charge is 2.49. The molecule has 4 unspecified atom stereocenters. The van der Waals surface area contributed by atoms with E-state index >= 15 is 0 Å². The van der Waals surface area contributed by atoms with Crippen molar-refractivity contribution in [1.82, 2.24) is 9.80 Å². The Balaban J connectivity index is 2.35. The third-order valence-corrected chi connectivity index (χ3v) is 5.60. The molecule has 1 aliphatic carbocycles. The van der Waals surface area contributed by atoms with Gasteiger partial charge in [0, 0.05) is 20.1 Å². The Hall–Kier alpha value is -1.79. The summed E-state index contributed by atoms with van der Waals surface area (Å²) in [6, 6.07) is -0.633. The van der Waals surface area contributed by atoms with Gasteiger partial charge in [-0.1, -0.05) is 26.2 Å². The topological polar surface area (TPSA) is 104 Å². The third-order valence-electron chi connectivity index (χ3n) is 5.60. The van der Waals surface area contributed by atoms with Crippen LogP contribution in [0, 0.1) is 17.8 Å². The van der Waals surface area contributed by atoms with Gasteiger partial charge in [-0.25, -0.2) is 4.79 Å². The minimum Gasteiger partial charge on any atom is -0.465 e. The van der Waals surface area contributed by atoms with Gasteiger partial charge < -0.3 is 20.6 Å². The van der Waals surface area contributed by atoms with Gasteiger partial charge in [-0.15, -0.1) is 0 Å².